The van der Waals surface area contributed by atoms with Crippen molar-refractivity contribution < 1.29 is 47.3 Å². The molecule has 10 atom stereocenters. The molecule has 2 aliphatic carbocycles. The van der Waals surface area contributed by atoms with E-state index in [1.165, 1.54) is 12.0 Å². The second kappa shape index (κ2) is 14.8. The molecule has 7 rings (SSSR count). The van der Waals surface area contributed by atoms with Crippen LogP contribution in [0, 0.1) is 23.7 Å². The molecule has 5 aliphatic rings. The maximum atomic E-state index is 14.2. The Labute approximate surface area is 322 Å². The molecule has 1 aromatic heterocycles. The topological polar surface area (TPSA) is 150 Å². The molecule has 0 unspecified atom stereocenters. The number of fused-ring (bicyclic) bond motifs is 4. The Morgan fingerprint density at radius 1 is 1.13 bits per heavy atom. The van der Waals surface area contributed by atoms with Crippen LogP contribution in [0.1, 0.15) is 58.1 Å². The number of hydrogen-bond acceptors (Lipinski definition) is 13. The molecule has 0 radical (unpaired) electrons. The lowest BCUT2D eigenvalue weighted by atomic mass is 9.55. The molecular formula is C38H48ClF3N6O7. The highest BCUT2D eigenvalue weighted by molar-refractivity contribution is 6.33. The number of anilines is 2. The highest BCUT2D eigenvalue weighted by Crippen LogP contribution is 2.53. The monoisotopic (exact) mass is 792 g/mol. The molecule has 3 aliphatic heterocycles. The van der Waals surface area contributed by atoms with Crippen LogP contribution < -0.4 is 15.3 Å². The predicted molar refractivity (Wildman–Crippen MR) is 195 cm³/mol. The molecule has 55 heavy (non-hydrogen) atoms. The van der Waals surface area contributed by atoms with Gasteiger partial charge in [-0.15, -0.1) is 0 Å². The van der Waals surface area contributed by atoms with E-state index in [0.29, 0.717) is 61.0 Å². The van der Waals surface area contributed by atoms with E-state index in [0.717, 1.165) is 18.8 Å². The lowest BCUT2D eigenvalue weighted by molar-refractivity contribution is -0.225. The number of aromatic nitrogens is 2. The number of hydroxylamine groups is 1. The predicted octanol–water partition coefficient (Wildman–Crippen LogP) is 4.06. The van der Waals surface area contributed by atoms with Crippen LogP contribution in [0.2, 0.25) is 5.02 Å². The second-order valence-electron chi connectivity index (χ2n) is 15.9. The van der Waals surface area contributed by atoms with Crippen molar-refractivity contribution >= 4 is 35.2 Å². The molecule has 0 amide bonds. The quantitative estimate of drug-likeness (QED) is 0.274. The fourth-order valence-corrected chi connectivity index (χ4v) is 9.76. The zero-order valence-electron chi connectivity index (χ0n) is 31.4. The normalized spacial score (nSPS) is 34.2. The van der Waals surface area contributed by atoms with Gasteiger partial charge in [-0.25, -0.2) is 9.97 Å². The van der Waals surface area contributed by atoms with Gasteiger partial charge in [-0.1, -0.05) is 43.7 Å². The van der Waals surface area contributed by atoms with Gasteiger partial charge in [0, 0.05) is 77.0 Å². The number of aliphatic hydroxyl groups is 2. The Morgan fingerprint density at radius 3 is 2.47 bits per heavy atom. The summed E-state index contributed by atoms with van der Waals surface area (Å²) in [5, 5.41) is 29.7. The smallest absolute Gasteiger partial charge is 0.419 e. The number of para-hydroxylation sites is 1. The summed E-state index contributed by atoms with van der Waals surface area (Å²) >= 11 is 6.46. The molecule has 0 spiro atoms. The second-order valence-corrected chi connectivity index (χ2v) is 16.3. The molecule has 1 aromatic carbocycles. The number of nitrogens with one attached hydrogen (secondary N) is 1. The first kappa shape index (κ1) is 39.7. The Kier molecular flexibility index (Phi) is 10.6. The van der Waals surface area contributed by atoms with Crippen molar-refractivity contribution in [3.05, 3.63) is 58.4 Å². The van der Waals surface area contributed by atoms with Gasteiger partial charge in [0.15, 0.2) is 18.4 Å². The molecule has 2 saturated heterocycles. The lowest BCUT2D eigenvalue weighted by Gasteiger charge is -2.56. The average Bonchev–Trinajstić information content (AvgIpc) is 3.48. The lowest BCUT2D eigenvalue weighted by Crippen LogP contribution is -2.66. The number of carbonyl (C=O) groups is 2. The fraction of sp³-hybridized carbons (Fsp3) is 0.632. The highest BCUT2D eigenvalue weighted by Gasteiger charge is 2.62. The van der Waals surface area contributed by atoms with E-state index in [1.807, 2.05) is 24.8 Å². The summed E-state index contributed by atoms with van der Waals surface area (Å²) in [6.45, 7) is 10.2. The van der Waals surface area contributed by atoms with E-state index < -0.39 is 65.3 Å². The minimum atomic E-state index is -4.50. The van der Waals surface area contributed by atoms with E-state index in [-0.39, 0.29) is 30.1 Å². The summed E-state index contributed by atoms with van der Waals surface area (Å²) < 4.78 is 51.1. The zero-order chi connectivity index (χ0) is 39.6. The number of alkyl halides is 3. The van der Waals surface area contributed by atoms with Crippen molar-refractivity contribution in [1.29, 1.82) is 0 Å². The summed E-state index contributed by atoms with van der Waals surface area (Å²) in [6, 6.07) is 4.11. The number of piperazine rings is 1. The number of hydrogen-bond donors (Lipinski definition) is 3. The Morgan fingerprint density at radius 2 is 1.82 bits per heavy atom. The van der Waals surface area contributed by atoms with E-state index in [9.17, 15) is 33.0 Å². The first-order valence-electron chi connectivity index (χ1n) is 18.7. The maximum absolute atomic E-state index is 14.2. The largest absolute Gasteiger partial charge is 0.454 e. The summed E-state index contributed by atoms with van der Waals surface area (Å²) in [6.07, 6.45) is -2.82. The van der Waals surface area contributed by atoms with Crippen molar-refractivity contribution in [1.82, 2.24) is 20.2 Å². The van der Waals surface area contributed by atoms with Gasteiger partial charge in [-0.3, -0.25) is 29.7 Å². The number of esters is 2. The van der Waals surface area contributed by atoms with Crippen LogP contribution in [0.3, 0.4) is 0 Å². The summed E-state index contributed by atoms with van der Waals surface area (Å²) in [4.78, 5) is 44.6. The SMILES string of the molecule is CC(=O)O[C@@H]1C(C)=C[C@@H]2[C@H]([C@@H](C)CN3CCN(c4ncc(C(F)(F)F)cn4)CC3)CC[C@@H](C)[C@]2(O)[C@H]1OC(=O)[C@@H]1C[C@@]2(O)c3cccc(Cl)c3N(C)O[C@H]2N1. The summed E-state index contributed by atoms with van der Waals surface area (Å²) in [7, 11) is 1.66. The third-order valence-corrected chi connectivity index (χ3v) is 12.7. The maximum Gasteiger partial charge on any atom is 0.419 e. The Bertz CT molecular complexity index is 1810. The van der Waals surface area contributed by atoms with Gasteiger partial charge < -0.3 is 24.6 Å². The number of rotatable bonds is 7. The van der Waals surface area contributed by atoms with Gasteiger partial charge in [0.2, 0.25) is 5.95 Å². The van der Waals surface area contributed by atoms with Gasteiger partial charge in [-0.2, -0.15) is 13.2 Å². The minimum Gasteiger partial charge on any atom is -0.454 e. The van der Waals surface area contributed by atoms with Crippen LogP contribution in [0.4, 0.5) is 24.8 Å². The molecule has 0 bridgehead atoms. The van der Waals surface area contributed by atoms with E-state index in [4.69, 9.17) is 25.9 Å². The van der Waals surface area contributed by atoms with Gasteiger partial charge in [0.05, 0.1) is 16.3 Å². The molecular weight excluding hydrogens is 745 g/mol. The fourth-order valence-electron chi connectivity index (χ4n) is 9.46. The van der Waals surface area contributed by atoms with Crippen molar-refractivity contribution in [2.75, 3.05) is 49.7 Å². The molecule has 4 heterocycles. The first-order valence-corrected chi connectivity index (χ1v) is 19.1. The Balaban J connectivity index is 1.07. The molecule has 1 saturated carbocycles. The van der Waals surface area contributed by atoms with Crippen LogP contribution in [0.25, 0.3) is 0 Å². The van der Waals surface area contributed by atoms with Crippen LogP contribution in [0.15, 0.2) is 42.2 Å². The van der Waals surface area contributed by atoms with Gasteiger partial charge in [0.25, 0.3) is 0 Å². The molecule has 13 nitrogen and oxygen atoms in total. The molecule has 3 fully saturated rings. The van der Waals surface area contributed by atoms with E-state index in [2.05, 4.69) is 27.1 Å². The van der Waals surface area contributed by atoms with Crippen LogP contribution in [0.5, 0.6) is 0 Å². The van der Waals surface area contributed by atoms with Crippen molar-refractivity contribution in [3.8, 4) is 0 Å². The minimum absolute atomic E-state index is 0.0229. The summed E-state index contributed by atoms with van der Waals surface area (Å²) in [5.41, 5.74) is -2.43. The van der Waals surface area contributed by atoms with E-state index in [1.54, 1.807) is 25.2 Å². The van der Waals surface area contributed by atoms with E-state index >= 15 is 0 Å². The molecule has 2 aromatic rings. The standard InChI is InChI=1S/C38H48ClF3N6O7/c1-20-15-27-25(21(2)19-47-11-13-48(14-12-47)35-43-17-24(18-44-35)38(40,41)42)10-9-22(3)37(27,52)32(31(20)53-23(4)49)54-33(50)29-16-36(51)26-7-6-8-28(39)30(26)46(5)55-34(36)45-29/h6-8,15,17-18,21-22,25,27,29,31-32,34,45,51-52H,9-14,16,19H2,1-5H3/t21-,22+,25-,27+,29-,31+,32-,34+,36+,37+/m0/s1. The molecule has 3 N–H and O–H groups in total. The van der Waals surface area contributed by atoms with Crippen LogP contribution in [-0.2, 0) is 35.7 Å². The van der Waals surface area contributed by atoms with Crippen LogP contribution in [-0.4, -0.2) is 107 Å². The number of halogens is 4. The third kappa shape index (κ3) is 7.18. The number of ether oxygens (including phenoxy) is 2. The van der Waals surface area contributed by atoms with Crippen LogP contribution >= 0.6 is 11.6 Å². The van der Waals surface area contributed by atoms with Gasteiger partial charge in [0.1, 0.15) is 17.2 Å². The number of benzene rings is 1. The highest BCUT2D eigenvalue weighted by atomic mass is 35.5. The van der Waals surface area contributed by atoms with Gasteiger partial charge >= 0.3 is 18.1 Å². The van der Waals surface area contributed by atoms with Gasteiger partial charge in [-0.05, 0) is 49.2 Å². The third-order valence-electron chi connectivity index (χ3n) is 12.4. The van der Waals surface area contributed by atoms with Crippen molar-refractivity contribution in [3.63, 3.8) is 0 Å². The summed E-state index contributed by atoms with van der Waals surface area (Å²) in [5.74, 6) is -1.76. The average molecular weight is 793 g/mol. The number of nitrogens with zero attached hydrogens (tertiary/aromatic N) is 5. The molecule has 300 valence electrons. The first-order chi connectivity index (χ1) is 25.9. The van der Waals surface area contributed by atoms with Crippen molar-refractivity contribution in [2.24, 2.45) is 23.7 Å². The molecule has 17 heteroatoms. The van der Waals surface area contributed by atoms with Crippen molar-refractivity contribution in [2.45, 2.75) is 88.8 Å². The number of carbonyl (C=O) groups excluding carboxylic acids is 2. The Hall–Kier alpha value is -3.54. The zero-order valence-corrected chi connectivity index (χ0v) is 32.2.